The lowest BCUT2D eigenvalue weighted by molar-refractivity contribution is -0.115. The van der Waals surface area contributed by atoms with Crippen molar-refractivity contribution in [3.8, 4) is 5.75 Å². The smallest absolute Gasteiger partial charge is 0.413 e. The first-order chi connectivity index (χ1) is 15.1. The summed E-state index contributed by atoms with van der Waals surface area (Å²) in [6.45, 7) is 4.35. The molecule has 8 nitrogen and oxygen atoms in total. The van der Waals surface area contributed by atoms with Gasteiger partial charge in [0.15, 0.2) is 4.34 Å². The molecule has 0 radical (unpaired) electrons. The third kappa shape index (κ3) is 6.43. The Kier molecular flexibility index (Phi) is 8.25. The van der Waals surface area contributed by atoms with E-state index in [2.05, 4.69) is 20.8 Å². The van der Waals surface area contributed by atoms with Crippen LogP contribution in [0.25, 0.3) is 0 Å². The fourth-order valence-electron chi connectivity index (χ4n) is 2.61. The van der Waals surface area contributed by atoms with Crippen LogP contribution in [0.2, 0.25) is 0 Å². The van der Waals surface area contributed by atoms with Gasteiger partial charge in [0.1, 0.15) is 11.0 Å². The molecule has 2 N–H and O–H groups in total. The molecule has 1 heterocycles. The number of hydrogen-bond acceptors (Lipinski definition) is 8. The molecule has 0 aliphatic carbocycles. The van der Waals surface area contributed by atoms with Gasteiger partial charge < -0.3 is 14.8 Å². The van der Waals surface area contributed by atoms with Gasteiger partial charge >= 0.3 is 6.09 Å². The van der Waals surface area contributed by atoms with Crippen LogP contribution in [-0.4, -0.2) is 35.4 Å². The van der Waals surface area contributed by atoms with Gasteiger partial charge in [0.2, 0.25) is 11.0 Å². The highest BCUT2D eigenvalue weighted by Gasteiger charge is 2.25. The number of thioether (sulfide) groups is 1. The zero-order valence-electron chi connectivity index (χ0n) is 17.0. The lowest BCUT2D eigenvalue weighted by Crippen LogP contribution is -2.19. The molecule has 1 unspecified atom stereocenters. The van der Waals surface area contributed by atoms with Crippen LogP contribution in [0.15, 0.2) is 58.9 Å². The Morgan fingerprint density at radius 3 is 2.48 bits per heavy atom. The molecule has 3 aromatic rings. The summed E-state index contributed by atoms with van der Waals surface area (Å²) in [6.07, 6.45) is -0.597. The highest BCUT2D eigenvalue weighted by molar-refractivity contribution is 8.02. The zero-order valence-corrected chi connectivity index (χ0v) is 18.7. The van der Waals surface area contributed by atoms with Crippen molar-refractivity contribution in [2.75, 3.05) is 23.8 Å². The Hall–Kier alpha value is -3.11. The maximum Gasteiger partial charge on any atom is 0.413 e. The van der Waals surface area contributed by atoms with Crippen molar-refractivity contribution in [3.05, 3.63) is 60.2 Å². The predicted molar refractivity (Wildman–Crippen MR) is 122 cm³/mol. The number of rotatable bonds is 9. The largest absolute Gasteiger partial charge is 0.492 e. The maximum absolute atomic E-state index is 13.2. The van der Waals surface area contributed by atoms with Crippen molar-refractivity contribution < 1.29 is 19.1 Å². The van der Waals surface area contributed by atoms with Crippen molar-refractivity contribution in [2.24, 2.45) is 0 Å². The van der Waals surface area contributed by atoms with Crippen LogP contribution in [0, 0.1) is 0 Å². The van der Waals surface area contributed by atoms with Gasteiger partial charge in [0.05, 0.1) is 18.9 Å². The topological polar surface area (TPSA) is 102 Å². The summed E-state index contributed by atoms with van der Waals surface area (Å²) in [4.78, 5) is 24.8. The lowest BCUT2D eigenvalue weighted by atomic mass is 10.1. The second-order valence-electron chi connectivity index (χ2n) is 6.05. The molecule has 0 aliphatic rings. The van der Waals surface area contributed by atoms with Crippen LogP contribution in [0.3, 0.4) is 0 Å². The highest BCUT2D eigenvalue weighted by Crippen LogP contribution is 2.39. The summed E-state index contributed by atoms with van der Waals surface area (Å²) in [5.74, 6) is 0.380. The van der Waals surface area contributed by atoms with Gasteiger partial charge in [-0.1, -0.05) is 65.6 Å². The van der Waals surface area contributed by atoms with Gasteiger partial charge in [-0.3, -0.25) is 10.1 Å². The molecular weight excluding hydrogens is 436 g/mol. The van der Waals surface area contributed by atoms with Crippen LogP contribution >= 0.6 is 23.1 Å². The number of nitrogens with one attached hydrogen (secondary N) is 2. The maximum atomic E-state index is 13.2. The molecule has 10 heteroatoms. The molecule has 2 amide bonds. The summed E-state index contributed by atoms with van der Waals surface area (Å²) in [7, 11) is 0. The normalized spacial score (nSPS) is 11.4. The van der Waals surface area contributed by atoms with E-state index in [1.54, 1.807) is 13.0 Å². The monoisotopic (exact) mass is 458 g/mol. The van der Waals surface area contributed by atoms with Crippen molar-refractivity contribution in [1.82, 2.24) is 10.2 Å². The van der Waals surface area contributed by atoms with Crippen LogP contribution in [0.5, 0.6) is 5.75 Å². The van der Waals surface area contributed by atoms with Crippen LogP contribution in [-0.2, 0) is 9.53 Å². The Morgan fingerprint density at radius 2 is 1.74 bits per heavy atom. The number of benzene rings is 2. The Labute approximate surface area is 188 Å². The molecule has 0 fully saturated rings. The summed E-state index contributed by atoms with van der Waals surface area (Å²) in [6, 6.07) is 16.7. The van der Waals surface area contributed by atoms with E-state index in [-0.39, 0.29) is 12.5 Å². The molecular formula is C21H22N4O4S2. The Bertz CT molecular complexity index is 1010. The number of carbonyl (C=O) groups is 2. The van der Waals surface area contributed by atoms with E-state index >= 15 is 0 Å². The summed E-state index contributed by atoms with van der Waals surface area (Å²) >= 11 is 2.42. The van der Waals surface area contributed by atoms with Gasteiger partial charge in [-0.15, -0.1) is 10.2 Å². The summed E-state index contributed by atoms with van der Waals surface area (Å²) < 4.78 is 11.0. The number of anilines is 2. The quantitative estimate of drug-likeness (QED) is 0.344. The van der Waals surface area contributed by atoms with E-state index < -0.39 is 11.3 Å². The number of ether oxygens (including phenoxy) is 2. The first kappa shape index (κ1) is 22.6. The van der Waals surface area contributed by atoms with E-state index in [9.17, 15) is 9.59 Å². The fraction of sp³-hybridized carbons (Fsp3) is 0.238. The van der Waals surface area contributed by atoms with Gasteiger partial charge in [-0.25, -0.2) is 4.79 Å². The fourth-order valence-corrected chi connectivity index (χ4v) is 4.54. The standard InChI is InChI=1S/C21H22N4O4S2/c1-3-28-16-13-9-8-12-15(16)22-18(26)17(14-10-6-5-7-11-14)30-21-25-24-19(31-21)23-20(27)29-4-2/h5-13,17H,3-4H2,1-2H3,(H,22,26)(H,23,24,27). The molecule has 0 saturated heterocycles. The molecule has 1 atom stereocenters. The molecule has 0 saturated carbocycles. The number of hydrogen-bond donors (Lipinski definition) is 2. The van der Waals surface area contributed by atoms with Crippen molar-refractivity contribution in [1.29, 1.82) is 0 Å². The van der Waals surface area contributed by atoms with E-state index in [0.717, 1.165) is 5.56 Å². The first-order valence-electron chi connectivity index (χ1n) is 9.62. The van der Waals surface area contributed by atoms with Crippen molar-refractivity contribution in [2.45, 2.75) is 23.4 Å². The van der Waals surface area contributed by atoms with Crippen molar-refractivity contribution in [3.63, 3.8) is 0 Å². The lowest BCUT2D eigenvalue weighted by Gasteiger charge is -2.17. The molecule has 31 heavy (non-hydrogen) atoms. The van der Waals surface area contributed by atoms with E-state index in [1.807, 2.05) is 55.5 Å². The van der Waals surface area contributed by atoms with E-state index in [4.69, 9.17) is 9.47 Å². The predicted octanol–water partition coefficient (Wildman–Crippen LogP) is 4.98. The number of para-hydroxylation sites is 2. The average molecular weight is 459 g/mol. The second-order valence-corrected chi connectivity index (χ2v) is 8.38. The minimum Gasteiger partial charge on any atom is -0.492 e. The van der Waals surface area contributed by atoms with Gasteiger partial charge in [0, 0.05) is 0 Å². The third-order valence-corrected chi connectivity index (χ3v) is 6.07. The number of aromatic nitrogens is 2. The second kappa shape index (κ2) is 11.3. The van der Waals surface area contributed by atoms with Gasteiger partial charge in [-0.2, -0.15) is 0 Å². The van der Waals surface area contributed by atoms with Crippen LogP contribution in [0.1, 0.15) is 24.7 Å². The van der Waals surface area contributed by atoms with Crippen LogP contribution in [0.4, 0.5) is 15.6 Å². The third-order valence-electron chi connectivity index (χ3n) is 3.89. The zero-order chi connectivity index (χ0) is 22.1. The highest BCUT2D eigenvalue weighted by atomic mass is 32.2. The van der Waals surface area contributed by atoms with E-state index in [1.165, 1.54) is 23.1 Å². The van der Waals surface area contributed by atoms with Gasteiger partial charge in [-0.05, 0) is 31.5 Å². The molecule has 162 valence electrons. The van der Waals surface area contributed by atoms with Crippen LogP contribution < -0.4 is 15.4 Å². The average Bonchev–Trinajstić information content (AvgIpc) is 3.21. The van der Waals surface area contributed by atoms with Crippen molar-refractivity contribution >= 4 is 45.9 Å². The molecule has 1 aromatic heterocycles. The van der Waals surface area contributed by atoms with Gasteiger partial charge in [0.25, 0.3) is 0 Å². The van der Waals surface area contributed by atoms with E-state index in [0.29, 0.717) is 27.5 Å². The molecule has 3 rings (SSSR count). The molecule has 2 aromatic carbocycles. The number of nitrogens with zero attached hydrogens (tertiary/aromatic N) is 2. The minimum atomic E-state index is -0.597. The Morgan fingerprint density at radius 1 is 1.00 bits per heavy atom. The molecule has 0 aliphatic heterocycles. The Balaban J connectivity index is 1.79. The minimum absolute atomic E-state index is 0.224. The number of carbonyl (C=O) groups excluding carboxylic acids is 2. The number of amides is 2. The molecule has 0 spiro atoms. The molecule has 0 bridgehead atoms. The summed E-state index contributed by atoms with van der Waals surface area (Å²) in [5, 5.41) is 13.2. The first-order valence-corrected chi connectivity index (χ1v) is 11.3. The SMILES string of the molecule is CCOC(=O)Nc1nnc(SC(C(=O)Nc2ccccc2OCC)c2ccccc2)s1. The summed E-state index contributed by atoms with van der Waals surface area (Å²) in [5.41, 5.74) is 1.41.